The van der Waals surface area contributed by atoms with Crippen LogP contribution >= 0.6 is 24.0 Å². The topological polar surface area (TPSA) is 0 Å². The van der Waals surface area contributed by atoms with E-state index in [4.69, 9.17) is 0 Å². The van der Waals surface area contributed by atoms with Crippen molar-refractivity contribution in [3.8, 4) is 0 Å². The number of hydrogen-bond donors (Lipinski definition) is 0. The molecular weight excluding hydrogens is 268 g/mol. The van der Waals surface area contributed by atoms with Crippen LogP contribution in [-0.2, 0) is 16.4 Å². The van der Waals surface area contributed by atoms with Gasteiger partial charge in [0.1, 0.15) is 0 Å². The van der Waals surface area contributed by atoms with E-state index in [2.05, 4.69) is 25.2 Å². The zero-order valence-corrected chi connectivity index (χ0v) is 11.9. The Morgan fingerprint density at radius 3 is 1.29 bits per heavy atom. The summed E-state index contributed by atoms with van der Waals surface area (Å²) >= 11 is 0.0347. The fourth-order valence-electron chi connectivity index (χ4n) is 0. The average molecular weight is 282 g/mol. The van der Waals surface area contributed by atoms with Crippen LogP contribution in [0.4, 0.5) is 0 Å². The minimum atomic E-state index is -0.444. The molecule has 0 nitrogen and oxygen atoms in total. The van der Waals surface area contributed by atoms with Crippen molar-refractivity contribution >= 4 is 30.3 Å². The van der Waals surface area contributed by atoms with Crippen LogP contribution in [0.15, 0.2) is 0 Å². The molecule has 0 atom stereocenters. The Labute approximate surface area is 71.4 Å². The first-order chi connectivity index (χ1) is 2.56. The van der Waals surface area contributed by atoms with Crippen LogP contribution in [0.5, 0.6) is 0 Å². The molecule has 0 aromatic carbocycles. The molecule has 0 spiro atoms. The van der Waals surface area contributed by atoms with E-state index < -0.39 is 6.30 Å². The first kappa shape index (κ1) is 11.4. The molecule has 3 heteroatoms. The first-order valence-electron chi connectivity index (χ1n) is 2.56. The molecule has 0 radical (unpaired) electrons. The maximum absolute atomic E-state index is 2.47. The summed E-state index contributed by atoms with van der Waals surface area (Å²) < 4.78 is 0. The van der Waals surface area contributed by atoms with E-state index >= 15 is 0 Å². The van der Waals surface area contributed by atoms with Gasteiger partial charge in [0.2, 0.25) is 0 Å². The van der Waals surface area contributed by atoms with Gasteiger partial charge in [-0.05, 0) is 0 Å². The SMILES string of the molecule is I.[CH3][Zn][Si](C)(C)C. The van der Waals surface area contributed by atoms with Gasteiger partial charge in [-0.2, -0.15) is 0 Å². The Morgan fingerprint density at radius 2 is 1.29 bits per heavy atom. The van der Waals surface area contributed by atoms with Gasteiger partial charge in [0.15, 0.2) is 0 Å². The molecule has 0 aliphatic rings. The third-order valence-electron chi connectivity index (χ3n) is 1.06. The fraction of sp³-hybridized carbons (Fsp3) is 1.00. The monoisotopic (exact) mass is 280 g/mol. The molecule has 0 N–H and O–H groups in total. The van der Waals surface area contributed by atoms with Crippen LogP contribution in [0.3, 0.4) is 0 Å². The zero-order valence-electron chi connectivity index (χ0n) is 5.62. The molecule has 0 unspecified atom stereocenters. The molecule has 0 aromatic rings. The molecule has 0 rings (SSSR count). The molecule has 42 valence electrons. The Kier molecular flexibility index (Phi) is 7.23. The molecular formula is C4H13ISiZn. The Balaban J connectivity index is 0. The molecule has 0 saturated carbocycles. The molecule has 0 aromatic heterocycles. The second-order valence-corrected chi connectivity index (χ2v) is 26.5. The van der Waals surface area contributed by atoms with Crippen molar-refractivity contribution in [2.24, 2.45) is 0 Å². The van der Waals surface area contributed by atoms with E-state index in [-0.39, 0.29) is 40.4 Å². The van der Waals surface area contributed by atoms with Crippen LogP contribution in [0, 0.1) is 0 Å². The van der Waals surface area contributed by atoms with Crippen LogP contribution < -0.4 is 0 Å². The van der Waals surface area contributed by atoms with Gasteiger partial charge in [-0.15, -0.1) is 24.0 Å². The average Bonchev–Trinajstić information content (AvgIpc) is 1.35. The molecule has 0 heterocycles. The standard InChI is InChI=1S/C3H9Si.CH3.HI.Zn/c1-4(2)3;;;/h1-3H3;1H3;1H;. The second-order valence-electron chi connectivity index (χ2n) is 2.91. The van der Waals surface area contributed by atoms with Crippen molar-refractivity contribution in [1.82, 2.24) is 0 Å². The van der Waals surface area contributed by atoms with Crippen LogP contribution in [0.25, 0.3) is 0 Å². The molecule has 0 aliphatic heterocycles. The third-order valence-corrected chi connectivity index (χ3v) is 16.5. The van der Waals surface area contributed by atoms with Gasteiger partial charge < -0.3 is 0 Å². The van der Waals surface area contributed by atoms with E-state index in [9.17, 15) is 0 Å². The summed E-state index contributed by atoms with van der Waals surface area (Å²) in [5.41, 5.74) is 2.46. The summed E-state index contributed by atoms with van der Waals surface area (Å²) in [6.07, 6.45) is -0.444. The third kappa shape index (κ3) is 11.2. The molecule has 0 bridgehead atoms. The van der Waals surface area contributed by atoms with E-state index in [0.717, 1.165) is 0 Å². The van der Waals surface area contributed by atoms with Gasteiger partial charge in [0.05, 0.1) is 0 Å². The van der Waals surface area contributed by atoms with Crippen molar-refractivity contribution in [1.29, 1.82) is 0 Å². The molecule has 0 saturated heterocycles. The van der Waals surface area contributed by atoms with Crippen molar-refractivity contribution < 1.29 is 16.4 Å². The van der Waals surface area contributed by atoms with E-state index in [1.54, 1.807) is 0 Å². The summed E-state index contributed by atoms with van der Waals surface area (Å²) in [6.45, 7) is 7.40. The van der Waals surface area contributed by atoms with E-state index in [1.165, 1.54) is 0 Å². The zero-order chi connectivity index (χ0) is 5.21. The number of rotatable bonds is 1. The van der Waals surface area contributed by atoms with Crippen LogP contribution in [0.2, 0.25) is 25.2 Å². The quantitative estimate of drug-likeness (QED) is 0.512. The predicted octanol–water partition coefficient (Wildman–Crippen LogP) is 2.57. The van der Waals surface area contributed by atoms with E-state index in [0.29, 0.717) is 0 Å². The minimum absolute atomic E-state index is 0. The van der Waals surface area contributed by atoms with Crippen molar-refractivity contribution in [3.63, 3.8) is 0 Å². The van der Waals surface area contributed by atoms with E-state index in [1.807, 2.05) is 0 Å². The number of halogens is 1. The summed E-state index contributed by atoms with van der Waals surface area (Å²) in [4.78, 5) is 0. The normalized spacial score (nSPS) is 9.14. The predicted molar refractivity (Wildman–Crippen MR) is 44.6 cm³/mol. The Bertz CT molecular complexity index is 41.4. The van der Waals surface area contributed by atoms with Gasteiger partial charge in [0.25, 0.3) is 0 Å². The van der Waals surface area contributed by atoms with Gasteiger partial charge in [0, 0.05) is 0 Å². The molecule has 0 fully saturated rings. The Hall–Kier alpha value is 1.57. The molecule has 0 aliphatic carbocycles. The summed E-state index contributed by atoms with van der Waals surface area (Å²) in [7, 11) is 0. The van der Waals surface area contributed by atoms with Crippen molar-refractivity contribution in [3.05, 3.63) is 0 Å². The molecule has 7 heavy (non-hydrogen) atoms. The first-order valence-corrected chi connectivity index (χ1v) is 13.7. The van der Waals surface area contributed by atoms with Crippen molar-refractivity contribution in [2.45, 2.75) is 25.2 Å². The van der Waals surface area contributed by atoms with Gasteiger partial charge in [-0.25, -0.2) is 0 Å². The fourth-order valence-corrected chi connectivity index (χ4v) is 0. The van der Waals surface area contributed by atoms with Crippen molar-refractivity contribution in [2.75, 3.05) is 0 Å². The van der Waals surface area contributed by atoms with Crippen LogP contribution in [-0.4, -0.2) is 6.30 Å². The second kappa shape index (κ2) is 4.45. The Morgan fingerprint density at radius 1 is 1.14 bits per heavy atom. The summed E-state index contributed by atoms with van der Waals surface area (Å²) in [6, 6.07) is 0. The molecule has 0 amide bonds. The van der Waals surface area contributed by atoms with Gasteiger partial charge in [-0.3, -0.25) is 0 Å². The summed E-state index contributed by atoms with van der Waals surface area (Å²) in [5.74, 6) is 0. The van der Waals surface area contributed by atoms with Gasteiger partial charge in [-0.1, -0.05) is 0 Å². The number of hydrogen-bond acceptors (Lipinski definition) is 0. The maximum atomic E-state index is 2.47. The van der Waals surface area contributed by atoms with Gasteiger partial charge >= 0.3 is 47.9 Å². The van der Waals surface area contributed by atoms with Crippen LogP contribution in [0.1, 0.15) is 0 Å². The summed E-state index contributed by atoms with van der Waals surface area (Å²) in [5, 5.41) is 0.